The molecule has 2 heteroatoms. The molecule has 1 aromatic carbocycles. The van der Waals surface area contributed by atoms with Gasteiger partial charge in [0.15, 0.2) is 0 Å². The molecular weight excluding hydrogens is 240 g/mol. The Hall–Kier alpha value is -0.890. The molecule has 2 aliphatic carbocycles. The lowest BCUT2D eigenvalue weighted by Crippen LogP contribution is -2.49. The first-order valence-corrected chi connectivity index (χ1v) is 8.33. The molecule has 0 bridgehead atoms. The van der Waals surface area contributed by atoms with Gasteiger partial charge in [-0.15, -0.1) is 0 Å². The summed E-state index contributed by atoms with van der Waals surface area (Å²) in [6.45, 7) is 0. The van der Waals surface area contributed by atoms with Gasteiger partial charge in [0.25, 0.3) is 0 Å². The molecule has 3 atom stereocenters. The highest BCUT2D eigenvalue weighted by Crippen LogP contribution is 2.60. The van der Waals surface area contributed by atoms with Crippen LogP contribution in [0, 0.1) is 5.41 Å². The molecule has 0 unspecified atom stereocenters. The Labute approximate surface area is 111 Å². The molecule has 1 fully saturated rings. The molecule has 0 amide bonds. The number of benzene rings is 1. The third-order valence-corrected chi connectivity index (χ3v) is 7.10. The van der Waals surface area contributed by atoms with Crippen LogP contribution < -0.4 is 0 Å². The van der Waals surface area contributed by atoms with E-state index in [1.807, 2.05) is 0 Å². The number of fused-ring (bicyclic) bond motifs is 1. The van der Waals surface area contributed by atoms with Crippen molar-refractivity contribution in [1.82, 2.24) is 0 Å². The average molecular weight is 258 g/mol. The van der Waals surface area contributed by atoms with Crippen molar-refractivity contribution in [2.75, 3.05) is 11.5 Å². The van der Waals surface area contributed by atoms with E-state index in [0.717, 1.165) is 24.3 Å². The quantitative estimate of drug-likeness (QED) is 0.654. The summed E-state index contributed by atoms with van der Waals surface area (Å²) in [5, 5.41) is 0. The highest BCUT2D eigenvalue weighted by Gasteiger charge is 2.60. The Morgan fingerprint density at radius 1 is 1.06 bits per heavy atom. The summed E-state index contributed by atoms with van der Waals surface area (Å²) >= 11 is 0. The summed E-state index contributed by atoms with van der Waals surface area (Å²) in [4.78, 5) is 0. The van der Waals surface area contributed by atoms with Gasteiger partial charge in [-0.3, -0.25) is 4.21 Å². The summed E-state index contributed by atoms with van der Waals surface area (Å²) in [6.07, 6.45) is 9.27. The molecule has 1 saturated heterocycles. The Kier molecular flexibility index (Phi) is 2.18. The molecule has 0 aromatic heterocycles. The van der Waals surface area contributed by atoms with Crippen molar-refractivity contribution in [3.05, 3.63) is 47.5 Å². The van der Waals surface area contributed by atoms with E-state index in [9.17, 15) is 4.21 Å². The fourth-order valence-electron chi connectivity index (χ4n) is 4.51. The van der Waals surface area contributed by atoms with Crippen LogP contribution >= 0.6 is 0 Å². The second-order valence-electron chi connectivity index (χ2n) is 6.13. The van der Waals surface area contributed by atoms with Gasteiger partial charge in [0.2, 0.25) is 0 Å². The van der Waals surface area contributed by atoms with Crippen LogP contribution in [0.25, 0.3) is 0 Å². The van der Waals surface area contributed by atoms with Gasteiger partial charge in [-0.05, 0) is 42.2 Å². The van der Waals surface area contributed by atoms with Gasteiger partial charge in [0, 0.05) is 27.7 Å². The van der Waals surface area contributed by atoms with Crippen molar-refractivity contribution >= 4 is 10.8 Å². The van der Waals surface area contributed by atoms with E-state index in [-0.39, 0.29) is 5.41 Å². The Bertz CT molecular complexity index is 562. The van der Waals surface area contributed by atoms with Gasteiger partial charge >= 0.3 is 0 Å². The molecular formula is C16H18OS. The minimum Gasteiger partial charge on any atom is -0.260 e. The van der Waals surface area contributed by atoms with Crippen LogP contribution in [0.15, 0.2) is 36.4 Å². The topological polar surface area (TPSA) is 17.1 Å². The van der Waals surface area contributed by atoms with E-state index in [4.69, 9.17) is 0 Å². The lowest BCUT2D eigenvalue weighted by Gasteiger charge is -2.51. The summed E-state index contributed by atoms with van der Waals surface area (Å²) in [5.41, 5.74) is 3.48. The SMILES string of the molecule is O=[S@@]1C[C@]23CC=CC[C@@]2(C1)c1ccccc1CC3. The number of aryl methyl sites for hydroxylation is 1. The molecule has 1 aromatic rings. The highest BCUT2D eigenvalue weighted by atomic mass is 32.2. The van der Waals surface area contributed by atoms with E-state index in [0.29, 0.717) is 5.41 Å². The van der Waals surface area contributed by atoms with Crippen molar-refractivity contribution in [2.45, 2.75) is 31.1 Å². The van der Waals surface area contributed by atoms with Crippen LogP contribution in [0.2, 0.25) is 0 Å². The molecule has 1 nitrogen and oxygen atoms in total. The first-order chi connectivity index (χ1) is 8.76. The van der Waals surface area contributed by atoms with Gasteiger partial charge in [-0.1, -0.05) is 36.4 Å². The van der Waals surface area contributed by atoms with Crippen molar-refractivity contribution in [2.24, 2.45) is 5.41 Å². The third kappa shape index (κ3) is 1.20. The lowest BCUT2D eigenvalue weighted by atomic mass is 9.51. The zero-order chi connectivity index (χ0) is 12.2. The van der Waals surface area contributed by atoms with Crippen LogP contribution in [0.1, 0.15) is 30.4 Å². The Morgan fingerprint density at radius 2 is 1.89 bits per heavy atom. The average Bonchev–Trinajstić information content (AvgIpc) is 2.71. The van der Waals surface area contributed by atoms with E-state index in [1.165, 1.54) is 24.0 Å². The van der Waals surface area contributed by atoms with Crippen molar-refractivity contribution < 1.29 is 4.21 Å². The molecule has 4 rings (SSSR count). The normalized spacial score (nSPS) is 41.0. The van der Waals surface area contributed by atoms with Gasteiger partial charge in [-0.2, -0.15) is 0 Å². The third-order valence-electron chi connectivity index (χ3n) is 5.41. The van der Waals surface area contributed by atoms with E-state index >= 15 is 0 Å². The van der Waals surface area contributed by atoms with Crippen LogP contribution in [0.4, 0.5) is 0 Å². The molecule has 0 N–H and O–H groups in total. The fourth-order valence-corrected chi connectivity index (χ4v) is 6.90. The van der Waals surface area contributed by atoms with Gasteiger partial charge in [0.1, 0.15) is 0 Å². The van der Waals surface area contributed by atoms with Crippen LogP contribution in [0.5, 0.6) is 0 Å². The minimum atomic E-state index is -0.628. The van der Waals surface area contributed by atoms with Gasteiger partial charge in [0.05, 0.1) is 0 Å². The predicted molar refractivity (Wildman–Crippen MR) is 75.1 cm³/mol. The molecule has 0 saturated carbocycles. The largest absolute Gasteiger partial charge is 0.260 e. The Balaban J connectivity index is 1.99. The number of rotatable bonds is 0. The first kappa shape index (κ1) is 11.0. The van der Waals surface area contributed by atoms with Crippen LogP contribution in [-0.4, -0.2) is 15.7 Å². The number of hydrogen-bond acceptors (Lipinski definition) is 1. The fraction of sp³-hybridized carbons (Fsp3) is 0.500. The summed E-state index contributed by atoms with van der Waals surface area (Å²) < 4.78 is 12.3. The van der Waals surface area contributed by atoms with Crippen LogP contribution in [-0.2, 0) is 22.6 Å². The van der Waals surface area contributed by atoms with Crippen LogP contribution in [0.3, 0.4) is 0 Å². The predicted octanol–water partition coefficient (Wildman–Crippen LogP) is 2.97. The minimum absolute atomic E-state index is 0.182. The van der Waals surface area contributed by atoms with Crippen molar-refractivity contribution in [3.63, 3.8) is 0 Å². The molecule has 1 aliphatic heterocycles. The van der Waals surface area contributed by atoms with E-state index in [2.05, 4.69) is 36.4 Å². The second-order valence-corrected chi connectivity index (χ2v) is 7.58. The zero-order valence-electron chi connectivity index (χ0n) is 10.5. The summed E-state index contributed by atoms with van der Waals surface area (Å²) in [5.74, 6) is 1.81. The molecule has 0 spiro atoms. The number of hydrogen-bond donors (Lipinski definition) is 0. The second kappa shape index (κ2) is 3.57. The van der Waals surface area contributed by atoms with Crippen molar-refractivity contribution in [3.8, 4) is 0 Å². The van der Waals surface area contributed by atoms with Gasteiger partial charge in [-0.25, -0.2) is 0 Å². The monoisotopic (exact) mass is 258 g/mol. The van der Waals surface area contributed by atoms with E-state index < -0.39 is 10.8 Å². The maximum Gasteiger partial charge on any atom is 0.0341 e. The van der Waals surface area contributed by atoms with Crippen molar-refractivity contribution in [1.29, 1.82) is 0 Å². The number of allylic oxidation sites excluding steroid dienone is 2. The molecule has 3 aliphatic rings. The maximum atomic E-state index is 12.3. The summed E-state index contributed by atoms with van der Waals surface area (Å²) in [6, 6.07) is 8.87. The summed E-state index contributed by atoms with van der Waals surface area (Å²) in [7, 11) is -0.628. The lowest BCUT2D eigenvalue weighted by molar-refractivity contribution is 0.142. The zero-order valence-corrected chi connectivity index (χ0v) is 11.3. The molecule has 94 valence electrons. The smallest absolute Gasteiger partial charge is 0.0341 e. The molecule has 1 heterocycles. The first-order valence-electron chi connectivity index (χ1n) is 6.84. The molecule has 0 radical (unpaired) electrons. The maximum absolute atomic E-state index is 12.3. The van der Waals surface area contributed by atoms with E-state index in [1.54, 1.807) is 0 Å². The standard InChI is InChI=1S/C16H18OS/c17-18-11-15-8-3-4-9-16(15,12-18)14-6-2-1-5-13(14)7-10-15/h1-6H,7-12H2/t15-,16-,18-/m1/s1. The van der Waals surface area contributed by atoms with Gasteiger partial charge < -0.3 is 0 Å². The highest BCUT2D eigenvalue weighted by molar-refractivity contribution is 7.85. The Morgan fingerprint density at radius 3 is 2.83 bits per heavy atom. The molecule has 18 heavy (non-hydrogen) atoms.